The Morgan fingerprint density at radius 2 is 2.05 bits per heavy atom. The Morgan fingerprint density at radius 1 is 1.32 bits per heavy atom. The lowest BCUT2D eigenvalue weighted by Crippen LogP contribution is -1.97. The van der Waals surface area contributed by atoms with Crippen molar-refractivity contribution in [2.45, 2.75) is 26.7 Å². The molecule has 0 spiro atoms. The highest BCUT2D eigenvalue weighted by molar-refractivity contribution is 5.80. The van der Waals surface area contributed by atoms with Gasteiger partial charge in [-0.2, -0.15) is 5.10 Å². The Morgan fingerprint density at radius 3 is 2.63 bits per heavy atom. The van der Waals surface area contributed by atoms with Gasteiger partial charge in [0, 0.05) is 18.3 Å². The van der Waals surface area contributed by atoms with Crippen molar-refractivity contribution in [3.63, 3.8) is 0 Å². The van der Waals surface area contributed by atoms with Crippen LogP contribution in [0.3, 0.4) is 0 Å². The van der Waals surface area contributed by atoms with Gasteiger partial charge in [-0.3, -0.25) is 9.48 Å². The van der Waals surface area contributed by atoms with Crippen molar-refractivity contribution in [1.82, 2.24) is 9.78 Å². The molecule has 0 amide bonds. The number of carbonyl (C=O) groups excluding carboxylic acids is 1. The van der Waals surface area contributed by atoms with Crippen molar-refractivity contribution in [2.24, 2.45) is 7.05 Å². The van der Waals surface area contributed by atoms with E-state index in [1.54, 1.807) is 12.1 Å². The van der Waals surface area contributed by atoms with Crippen LogP contribution in [-0.4, -0.2) is 16.1 Å². The van der Waals surface area contributed by atoms with Gasteiger partial charge >= 0.3 is 0 Å². The number of aldehydes is 1. The van der Waals surface area contributed by atoms with Gasteiger partial charge in [-0.05, 0) is 30.5 Å². The second-order valence-corrected chi connectivity index (χ2v) is 4.45. The largest absolute Gasteiger partial charge is 0.298 e. The molecule has 4 heteroatoms. The zero-order valence-corrected chi connectivity index (χ0v) is 11.4. The summed E-state index contributed by atoms with van der Waals surface area (Å²) in [6.07, 6.45) is 2.19. The SMILES string of the molecule is CCc1nn(C)c(CC)c1-c1ccc(F)c(C=O)c1. The normalized spacial score (nSPS) is 10.7. The molecule has 2 aromatic rings. The number of aromatic nitrogens is 2. The van der Waals surface area contributed by atoms with Gasteiger partial charge < -0.3 is 0 Å². The van der Waals surface area contributed by atoms with Crippen LogP contribution in [0.5, 0.6) is 0 Å². The minimum Gasteiger partial charge on any atom is -0.298 e. The van der Waals surface area contributed by atoms with Crippen LogP contribution in [0.4, 0.5) is 4.39 Å². The Balaban J connectivity index is 2.67. The summed E-state index contributed by atoms with van der Waals surface area (Å²) < 4.78 is 15.3. The van der Waals surface area contributed by atoms with Gasteiger partial charge in [0.2, 0.25) is 0 Å². The van der Waals surface area contributed by atoms with Crippen LogP contribution in [0.1, 0.15) is 35.6 Å². The molecule has 0 saturated heterocycles. The smallest absolute Gasteiger partial charge is 0.153 e. The number of halogens is 1. The summed E-state index contributed by atoms with van der Waals surface area (Å²) in [5, 5.41) is 4.49. The summed E-state index contributed by atoms with van der Waals surface area (Å²) >= 11 is 0. The number of hydrogen-bond donors (Lipinski definition) is 0. The Hall–Kier alpha value is -1.97. The van der Waals surface area contributed by atoms with Gasteiger partial charge in [-0.15, -0.1) is 0 Å². The fourth-order valence-electron chi connectivity index (χ4n) is 2.40. The number of carbonyl (C=O) groups is 1. The molecule has 1 heterocycles. The first-order valence-electron chi connectivity index (χ1n) is 6.42. The molecular weight excluding hydrogens is 243 g/mol. The molecule has 0 fully saturated rings. The van der Waals surface area contributed by atoms with E-state index in [-0.39, 0.29) is 5.56 Å². The maximum absolute atomic E-state index is 13.4. The molecule has 0 aliphatic heterocycles. The van der Waals surface area contributed by atoms with Crippen molar-refractivity contribution < 1.29 is 9.18 Å². The highest BCUT2D eigenvalue weighted by Crippen LogP contribution is 2.29. The maximum Gasteiger partial charge on any atom is 0.153 e. The molecule has 0 aliphatic carbocycles. The molecule has 1 aromatic heterocycles. The highest BCUT2D eigenvalue weighted by atomic mass is 19.1. The average Bonchev–Trinajstić information content (AvgIpc) is 2.75. The van der Waals surface area contributed by atoms with Crippen molar-refractivity contribution in [2.75, 3.05) is 0 Å². The molecule has 0 aliphatic rings. The van der Waals surface area contributed by atoms with E-state index in [1.807, 2.05) is 18.7 Å². The quantitative estimate of drug-likeness (QED) is 0.791. The summed E-state index contributed by atoms with van der Waals surface area (Å²) in [4.78, 5) is 10.9. The molecule has 100 valence electrons. The number of benzene rings is 1. The van der Waals surface area contributed by atoms with Gasteiger partial charge in [0.1, 0.15) is 5.82 Å². The molecule has 0 saturated carbocycles. The first-order chi connectivity index (χ1) is 9.12. The van der Waals surface area contributed by atoms with E-state index in [0.29, 0.717) is 6.29 Å². The van der Waals surface area contributed by atoms with Crippen molar-refractivity contribution >= 4 is 6.29 Å². The number of rotatable bonds is 4. The third-order valence-corrected chi connectivity index (χ3v) is 3.32. The number of hydrogen-bond acceptors (Lipinski definition) is 2. The van der Waals surface area contributed by atoms with Crippen LogP contribution in [0.2, 0.25) is 0 Å². The summed E-state index contributed by atoms with van der Waals surface area (Å²) in [5.74, 6) is -0.487. The number of nitrogens with zero attached hydrogens (tertiary/aromatic N) is 2. The second kappa shape index (κ2) is 5.34. The molecule has 0 radical (unpaired) electrons. The van der Waals surface area contributed by atoms with Crippen LogP contribution in [-0.2, 0) is 19.9 Å². The van der Waals surface area contributed by atoms with Crippen molar-refractivity contribution in [3.05, 3.63) is 41.0 Å². The van der Waals surface area contributed by atoms with Crippen LogP contribution in [0, 0.1) is 5.82 Å². The van der Waals surface area contributed by atoms with Crippen LogP contribution < -0.4 is 0 Å². The molecule has 0 atom stereocenters. The fraction of sp³-hybridized carbons (Fsp3) is 0.333. The fourth-order valence-corrected chi connectivity index (χ4v) is 2.40. The van der Waals surface area contributed by atoms with Crippen molar-refractivity contribution in [1.29, 1.82) is 0 Å². The molecule has 3 nitrogen and oxygen atoms in total. The topological polar surface area (TPSA) is 34.9 Å². The van der Waals surface area contributed by atoms with E-state index in [0.717, 1.165) is 35.4 Å². The van der Waals surface area contributed by atoms with Gasteiger partial charge in [0.05, 0.1) is 11.3 Å². The third kappa shape index (κ3) is 2.30. The van der Waals surface area contributed by atoms with Gasteiger partial charge in [-0.1, -0.05) is 19.9 Å². The third-order valence-electron chi connectivity index (χ3n) is 3.32. The molecule has 0 N–H and O–H groups in total. The minimum atomic E-state index is -0.487. The summed E-state index contributed by atoms with van der Waals surface area (Å²) in [6.45, 7) is 4.10. The number of aryl methyl sites for hydroxylation is 2. The predicted octanol–water partition coefficient (Wildman–Crippen LogP) is 3.16. The maximum atomic E-state index is 13.4. The lowest BCUT2D eigenvalue weighted by molar-refractivity contribution is 0.112. The lowest BCUT2D eigenvalue weighted by Gasteiger charge is -2.06. The van der Waals surface area contributed by atoms with Crippen molar-refractivity contribution in [3.8, 4) is 11.1 Å². The van der Waals surface area contributed by atoms with E-state index in [9.17, 15) is 9.18 Å². The zero-order valence-electron chi connectivity index (χ0n) is 11.4. The molecule has 2 rings (SSSR count). The second-order valence-electron chi connectivity index (χ2n) is 4.45. The standard InChI is InChI=1S/C15H17FN2O/c1-4-13-15(14(5-2)18(3)17-13)10-6-7-12(16)11(8-10)9-19/h6-9H,4-5H2,1-3H3. The highest BCUT2D eigenvalue weighted by Gasteiger charge is 2.16. The Kier molecular flexibility index (Phi) is 3.79. The first kappa shape index (κ1) is 13.5. The summed E-state index contributed by atoms with van der Waals surface area (Å²) in [5.41, 5.74) is 4.04. The zero-order chi connectivity index (χ0) is 14.0. The van der Waals surface area contributed by atoms with Gasteiger partial charge in [0.25, 0.3) is 0 Å². The Bertz CT molecular complexity index is 617. The average molecular weight is 260 g/mol. The van der Waals surface area contributed by atoms with E-state index in [4.69, 9.17) is 0 Å². The monoisotopic (exact) mass is 260 g/mol. The molecule has 0 bridgehead atoms. The molecule has 1 aromatic carbocycles. The van der Waals surface area contributed by atoms with E-state index in [1.165, 1.54) is 6.07 Å². The van der Waals surface area contributed by atoms with E-state index >= 15 is 0 Å². The summed E-state index contributed by atoms with van der Waals surface area (Å²) in [7, 11) is 1.91. The Labute approximate surface area is 112 Å². The minimum absolute atomic E-state index is 0.0884. The van der Waals surface area contributed by atoms with Crippen LogP contribution >= 0.6 is 0 Å². The van der Waals surface area contributed by atoms with Crippen LogP contribution in [0.15, 0.2) is 18.2 Å². The molecule has 19 heavy (non-hydrogen) atoms. The van der Waals surface area contributed by atoms with Crippen LogP contribution in [0.25, 0.3) is 11.1 Å². The van der Waals surface area contributed by atoms with Gasteiger partial charge in [-0.25, -0.2) is 4.39 Å². The van der Waals surface area contributed by atoms with E-state index in [2.05, 4.69) is 12.0 Å². The molecular formula is C15H17FN2O. The molecule has 0 unspecified atom stereocenters. The van der Waals surface area contributed by atoms with Gasteiger partial charge in [0.15, 0.2) is 6.29 Å². The lowest BCUT2D eigenvalue weighted by atomic mass is 9.98. The van der Waals surface area contributed by atoms with E-state index < -0.39 is 5.82 Å². The summed E-state index contributed by atoms with van der Waals surface area (Å²) in [6, 6.07) is 4.64. The first-order valence-corrected chi connectivity index (χ1v) is 6.42. The predicted molar refractivity (Wildman–Crippen MR) is 72.7 cm³/mol.